The van der Waals surface area contributed by atoms with Gasteiger partial charge in [-0.05, 0) is 46.5 Å². The second-order valence-corrected chi connectivity index (χ2v) is 10.8. The van der Waals surface area contributed by atoms with E-state index >= 15 is 0 Å². The number of amides is 2. The van der Waals surface area contributed by atoms with Gasteiger partial charge in [-0.15, -0.1) is 0 Å². The van der Waals surface area contributed by atoms with Crippen LogP contribution in [0.2, 0.25) is 0 Å². The molecule has 11 heteroatoms. The molecule has 0 aliphatic rings. The summed E-state index contributed by atoms with van der Waals surface area (Å²) in [5.74, 6) is -2.06. The number of nitrogens with zero attached hydrogens (tertiary/aromatic N) is 4. The van der Waals surface area contributed by atoms with E-state index in [4.69, 9.17) is 8.83 Å². The number of aromatic nitrogens is 2. The Labute approximate surface area is 246 Å². The molecule has 6 aromatic rings. The first-order chi connectivity index (χ1) is 20.9. The largest absolute Gasteiger partial charge is 0.451 e. The predicted molar refractivity (Wildman–Crippen MR) is 159 cm³/mol. The third-order valence-electron chi connectivity index (χ3n) is 6.55. The lowest BCUT2D eigenvalue weighted by molar-refractivity contribution is 0.0999. The molecule has 2 heterocycles. The lowest BCUT2D eigenvalue weighted by atomic mass is 10.1. The Morgan fingerprint density at radius 2 is 0.860 bits per heavy atom. The fourth-order valence-electron chi connectivity index (χ4n) is 4.48. The Bertz CT molecular complexity index is 1800. The highest BCUT2D eigenvalue weighted by atomic mass is 32.2. The van der Waals surface area contributed by atoms with Gasteiger partial charge in [0.05, 0.1) is 11.4 Å². The van der Waals surface area contributed by atoms with Crippen molar-refractivity contribution < 1.29 is 26.8 Å². The zero-order valence-corrected chi connectivity index (χ0v) is 23.2. The van der Waals surface area contributed by atoms with Crippen LogP contribution >= 0.6 is 0 Å². The first-order valence-corrected chi connectivity index (χ1v) is 14.3. The molecule has 0 saturated heterocycles. The van der Waals surface area contributed by atoms with E-state index in [2.05, 4.69) is 9.97 Å². The Morgan fingerprint density at radius 3 is 1.19 bits per heavy atom. The zero-order chi connectivity index (χ0) is 29.8. The van der Waals surface area contributed by atoms with Crippen molar-refractivity contribution in [2.45, 2.75) is 0 Å². The molecule has 0 aliphatic carbocycles. The third kappa shape index (κ3) is 5.44. The molecule has 0 atom stereocenters. The highest BCUT2D eigenvalue weighted by molar-refractivity contribution is 7.95. The molecule has 4 aromatic carbocycles. The van der Waals surface area contributed by atoms with Crippen molar-refractivity contribution in [2.75, 3.05) is 8.61 Å². The highest BCUT2D eigenvalue weighted by Crippen LogP contribution is 2.32. The lowest BCUT2D eigenvalue weighted by Gasteiger charge is -2.29. The van der Waals surface area contributed by atoms with Crippen LogP contribution in [0, 0.1) is 0 Å². The molecule has 0 N–H and O–H groups in total. The second kappa shape index (κ2) is 11.6. The van der Waals surface area contributed by atoms with Crippen LogP contribution in [0.25, 0.3) is 22.3 Å². The first-order valence-electron chi connectivity index (χ1n) is 12.9. The van der Waals surface area contributed by atoms with E-state index in [0.717, 1.165) is 47.6 Å². The fourth-order valence-corrected chi connectivity index (χ4v) is 6.02. The van der Waals surface area contributed by atoms with Crippen LogP contribution in [-0.4, -0.2) is 30.2 Å². The minimum Gasteiger partial charge on any atom is -0.451 e. The molecule has 2 aromatic heterocycles. The van der Waals surface area contributed by atoms with Crippen LogP contribution in [0.5, 0.6) is 0 Å². The van der Waals surface area contributed by atoms with Gasteiger partial charge in [-0.2, -0.15) is 17.0 Å². The van der Waals surface area contributed by atoms with Crippen LogP contribution in [0.15, 0.2) is 143 Å². The van der Waals surface area contributed by atoms with E-state index in [1.54, 1.807) is 24.3 Å². The SMILES string of the molecule is O=C(c1cocn1)N(c1ccc(-c2ccccc2)cc1)S(=O)(=O)N(C(=O)c1cocn1)c1ccc(-c2ccccc2)cc1. The van der Waals surface area contributed by atoms with Gasteiger partial charge in [-0.25, -0.2) is 9.97 Å². The van der Waals surface area contributed by atoms with Crippen LogP contribution in [-0.2, 0) is 10.2 Å². The number of hydrogen-bond donors (Lipinski definition) is 0. The number of oxazole rings is 2. The summed E-state index contributed by atoms with van der Waals surface area (Å²) in [6, 6.07) is 31.6. The second-order valence-electron chi connectivity index (χ2n) is 9.22. The van der Waals surface area contributed by atoms with E-state index in [9.17, 15) is 18.0 Å². The highest BCUT2D eigenvalue weighted by Gasteiger charge is 2.41. The van der Waals surface area contributed by atoms with Crippen LogP contribution in [0.4, 0.5) is 11.4 Å². The first kappa shape index (κ1) is 27.4. The quantitative estimate of drug-likeness (QED) is 0.204. The van der Waals surface area contributed by atoms with Crippen molar-refractivity contribution in [1.82, 2.24) is 9.97 Å². The molecule has 2 amide bonds. The molecule has 0 bridgehead atoms. The smallest absolute Gasteiger partial charge is 0.340 e. The van der Waals surface area contributed by atoms with E-state index < -0.39 is 22.0 Å². The van der Waals surface area contributed by atoms with E-state index in [0.29, 0.717) is 8.61 Å². The van der Waals surface area contributed by atoms with Gasteiger partial charge in [0.25, 0.3) is 11.8 Å². The molecular formula is C32H22N4O6S. The summed E-state index contributed by atoms with van der Waals surface area (Å²) >= 11 is 0. The summed E-state index contributed by atoms with van der Waals surface area (Å²) in [4.78, 5) is 35.2. The number of hydrogen-bond acceptors (Lipinski definition) is 8. The number of carbonyl (C=O) groups is 2. The zero-order valence-electron chi connectivity index (χ0n) is 22.3. The maximum atomic E-state index is 14.5. The van der Waals surface area contributed by atoms with Gasteiger partial charge in [0.2, 0.25) is 0 Å². The van der Waals surface area contributed by atoms with Crippen molar-refractivity contribution in [3.05, 3.63) is 146 Å². The minimum atomic E-state index is -4.97. The number of rotatable bonds is 8. The van der Waals surface area contributed by atoms with Crippen LogP contribution in [0.1, 0.15) is 21.0 Å². The van der Waals surface area contributed by atoms with Gasteiger partial charge >= 0.3 is 10.2 Å². The molecule has 10 nitrogen and oxygen atoms in total. The Kier molecular flexibility index (Phi) is 7.37. The summed E-state index contributed by atoms with van der Waals surface area (Å²) in [6.45, 7) is 0. The number of carbonyl (C=O) groups excluding carboxylic acids is 2. The van der Waals surface area contributed by atoms with Gasteiger partial charge in [-0.3, -0.25) is 9.59 Å². The Hall–Kier alpha value is -5.81. The molecule has 212 valence electrons. The van der Waals surface area contributed by atoms with Gasteiger partial charge in [0.15, 0.2) is 24.2 Å². The van der Waals surface area contributed by atoms with Crippen LogP contribution < -0.4 is 8.61 Å². The van der Waals surface area contributed by atoms with Crippen molar-refractivity contribution in [3.8, 4) is 22.3 Å². The maximum absolute atomic E-state index is 14.5. The molecule has 0 unspecified atom stereocenters. The van der Waals surface area contributed by atoms with Gasteiger partial charge < -0.3 is 8.83 Å². The third-order valence-corrected chi connectivity index (χ3v) is 8.23. The van der Waals surface area contributed by atoms with Gasteiger partial charge in [-0.1, -0.05) is 84.9 Å². The minimum absolute atomic E-state index is 0.0217. The molecule has 0 spiro atoms. The molecule has 43 heavy (non-hydrogen) atoms. The fraction of sp³-hybridized carbons (Fsp3) is 0. The summed E-state index contributed by atoms with van der Waals surface area (Å²) < 4.78 is 40.0. The van der Waals surface area contributed by atoms with Crippen molar-refractivity contribution in [3.63, 3.8) is 0 Å². The maximum Gasteiger partial charge on any atom is 0.340 e. The summed E-state index contributed by atoms with van der Waals surface area (Å²) in [7, 11) is -4.97. The van der Waals surface area contributed by atoms with E-state index in [-0.39, 0.29) is 22.8 Å². The van der Waals surface area contributed by atoms with E-state index in [1.807, 2.05) is 60.7 Å². The molecule has 6 rings (SSSR count). The average molecular weight is 591 g/mol. The van der Waals surface area contributed by atoms with Crippen LogP contribution in [0.3, 0.4) is 0 Å². The summed E-state index contributed by atoms with van der Waals surface area (Å²) in [5.41, 5.74) is 2.79. The van der Waals surface area contributed by atoms with Gasteiger partial charge in [0, 0.05) is 0 Å². The molecule has 0 fully saturated rings. The molecule has 0 saturated carbocycles. The molecular weight excluding hydrogens is 568 g/mol. The molecule has 0 radical (unpaired) electrons. The van der Waals surface area contributed by atoms with E-state index in [1.165, 1.54) is 24.3 Å². The number of anilines is 2. The molecule has 0 aliphatic heterocycles. The Morgan fingerprint density at radius 1 is 0.512 bits per heavy atom. The van der Waals surface area contributed by atoms with Crippen molar-refractivity contribution in [2.24, 2.45) is 0 Å². The van der Waals surface area contributed by atoms with Crippen molar-refractivity contribution >= 4 is 33.4 Å². The number of benzene rings is 4. The topological polar surface area (TPSA) is 127 Å². The monoisotopic (exact) mass is 590 g/mol. The summed E-state index contributed by atoms with van der Waals surface area (Å²) in [6.07, 6.45) is 4.08. The average Bonchev–Trinajstić information content (AvgIpc) is 3.78. The Balaban J connectivity index is 1.47. The standard InChI is InChI=1S/C32H22N4O6S/c37-31(29-19-41-21-33-29)35(27-15-11-25(12-16-27)23-7-3-1-4-8-23)43(39,40)36(32(38)30-20-42-22-34-30)28-17-13-26(14-18-28)24-9-5-2-6-10-24/h1-22H. The lowest BCUT2D eigenvalue weighted by Crippen LogP contribution is -2.50. The summed E-state index contributed by atoms with van der Waals surface area (Å²) in [5, 5.41) is 0. The normalized spacial score (nSPS) is 11.2. The van der Waals surface area contributed by atoms with Gasteiger partial charge in [0.1, 0.15) is 12.5 Å². The van der Waals surface area contributed by atoms with Crippen molar-refractivity contribution in [1.29, 1.82) is 0 Å². The predicted octanol–water partition coefficient (Wildman–Crippen LogP) is 6.24.